The van der Waals surface area contributed by atoms with Crippen LogP contribution in [0.2, 0.25) is 0 Å². The zero-order valence-corrected chi connectivity index (χ0v) is 15.0. The highest BCUT2D eigenvalue weighted by Gasteiger charge is 2.16. The molecule has 1 heterocycles. The van der Waals surface area contributed by atoms with E-state index < -0.39 is 0 Å². The van der Waals surface area contributed by atoms with Gasteiger partial charge in [-0.05, 0) is 17.7 Å². The van der Waals surface area contributed by atoms with E-state index in [1.807, 2.05) is 59.3 Å². The van der Waals surface area contributed by atoms with Gasteiger partial charge in [-0.15, -0.1) is 0 Å². The van der Waals surface area contributed by atoms with Crippen molar-refractivity contribution in [1.82, 2.24) is 9.55 Å². The molecule has 6 heteroatoms. The van der Waals surface area contributed by atoms with Crippen LogP contribution in [0.1, 0.15) is 5.56 Å². The van der Waals surface area contributed by atoms with Crippen LogP contribution in [0.15, 0.2) is 78.2 Å². The molecule has 0 bridgehead atoms. The zero-order valence-electron chi connectivity index (χ0n) is 14.2. The van der Waals surface area contributed by atoms with Crippen LogP contribution in [-0.4, -0.2) is 27.8 Å². The Labute approximate surface area is 156 Å². The molecule has 3 aromatic rings. The monoisotopic (exact) mass is 362 g/mol. The molecule has 0 saturated carbocycles. The fourth-order valence-electron chi connectivity index (χ4n) is 2.54. The van der Waals surface area contributed by atoms with Gasteiger partial charge in [0.05, 0.1) is 11.8 Å². The van der Waals surface area contributed by atoms with Crippen LogP contribution in [0, 0.1) is 11.3 Å². The second-order valence-electron chi connectivity index (χ2n) is 5.59. The second-order valence-corrected chi connectivity index (χ2v) is 6.53. The van der Waals surface area contributed by atoms with Gasteiger partial charge in [-0.3, -0.25) is 9.69 Å². The van der Waals surface area contributed by atoms with Gasteiger partial charge in [-0.1, -0.05) is 60.3 Å². The molecule has 0 aliphatic heterocycles. The first-order valence-corrected chi connectivity index (χ1v) is 9.16. The number of carbonyl (C=O) groups excluding carboxylic acids is 1. The number of nitriles is 1. The molecule has 0 fully saturated rings. The fraction of sp³-hybridized carbons (Fsp3) is 0.150. The van der Waals surface area contributed by atoms with Crippen molar-refractivity contribution in [3.05, 3.63) is 78.6 Å². The molecule has 1 amide bonds. The van der Waals surface area contributed by atoms with E-state index in [0.29, 0.717) is 6.54 Å². The van der Waals surface area contributed by atoms with Gasteiger partial charge in [0.15, 0.2) is 5.16 Å². The lowest BCUT2D eigenvalue weighted by atomic mass is 10.2. The first-order valence-electron chi connectivity index (χ1n) is 8.18. The van der Waals surface area contributed by atoms with Crippen molar-refractivity contribution in [3.63, 3.8) is 0 Å². The van der Waals surface area contributed by atoms with Gasteiger partial charge in [0.2, 0.25) is 5.91 Å². The quantitative estimate of drug-likeness (QED) is 0.476. The molecular weight excluding hydrogens is 344 g/mol. The van der Waals surface area contributed by atoms with Crippen LogP contribution in [0.25, 0.3) is 0 Å². The maximum Gasteiger partial charge on any atom is 0.238 e. The molecule has 0 atom stereocenters. The highest BCUT2D eigenvalue weighted by atomic mass is 32.2. The SMILES string of the molecule is N#CCN(C(=O)CSc1nccn1Cc1ccccc1)c1ccccc1. The van der Waals surface area contributed by atoms with E-state index in [-0.39, 0.29) is 18.2 Å². The van der Waals surface area contributed by atoms with Gasteiger partial charge < -0.3 is 4.57 Å². The lowest BCUT2D eigenvalue weighted by Gasteiger charge is -2.19. The average Bonchev–Trinajstić information content (AvgIpc) is 3.12. The first-order chi connectivity index (χ1) is 12.8. The fourth-order valence-corrected chi connectivity index (χ4v) is 3.38. The molecule has 5 nitrogen and oxygen atoms in total. The summed E-state index contributed by atoms with van der Waals surface area (Å²) in [5.74, 6) is 0.111. The Kier molecular flexibility index (Phi) is 6.07. The highest BCUT2D eigenvalue weighted by molar-refractivity contribution is 7.99. The largest absolute Gasteiger partial charge is 0.322 e. The van der Waals surface area contributed by atoms with E-state index in [1.165, 1.54) is 22.2 Å². The van der Waals surface area contributed by atoms with Gasteiger partial charge in [-0.2, -0.15) is 5.26 Å². The Morgan fingerprint density at radius 2 is 1.81 bits per heavy atom. The van der Waals surface area contributed by atoms with E-state index in [1.54, 1.807) is 6.20 Å². The molecule has 0 spiro atoms. The van der Waals surface area contributed by atoms with Crippen LogP contribution in [0.5, 0.6) is 0 Å². The Bertz CT molecular complexity index is 887. The maximum atomic E-state index is 12.6. The van der Waals surface area contributed by atoms with Gasteiger partial charge >= 0.3 is 0 Å². The third kappa shape index (κ3) is 4.52. The molecule has 26 heavy (non-hydrogen) atoms. The average molecular weight is 362 g/mol. The summed E-state index contributed by atoms with van der Waals surface area (Å²) in [4.78, 5) is 18.5. The van der Waals surface area contributed by atoms with Crippen LogP contribution >= 0.6 is 11.8 Å². The number of benzene rings is 2. The number of rotatable bonds is 7. The third-order valence-corrected chi connectivity index (χ3v) is 4.78. The van der Waals surface area contributed by atoms with Crippen molar-refractivity contribution < 1.29 is 4.79 Å². The third-order valence-electron chi connectivity index (χ3n) is 3.80. The van der Waals surface area contributed by atoms with Crippen molar-refractivity contribution in [2.45, 2.75) is 11.7 Å². The summed E-state index contributed by atoms with van der Waals surface area (Å²) in [5, 5.41) is 9.82. The number of para-hydroxylation sites is 1. The summed E-state index contributed by atoms with van der Waals surface area (Å²) in [6.07, 6.45) is 3.64. The minimum absolute atomic E-state index is 0.0296. The Hall–Kier alpha value is -3.04. The summed E-state index contributed by atoms with van der Waals surface area (Å²) >= 11 is 1.38. The Balaban J connectivity index is 1.66. The Morgan fingerprint density at radius 1 is 1.12 bits per heavy atom. The molecule has 0 aliphatic carbocycles. The molecule has 1 aromatic heterocycles. The van der Waals surface area contributed by atoms with E-state index >= 15 is 0 Å². The highest BCUT2D eigenvalue weighted by Crippen LogP contribution is 2.20. The second kappa shape index (κ2) is 8.88. The number of imidazole rings is 1. The minimum atomic E-state index is -0.114. The van der Waals surface area contributed by atoms with Crippen LogP contribution in [0.4, 0.5) is 5.69 Å². The number of nitrogens with zero attached hydrogens (tertiary/aromatic N) is 4. The normalized spacial score (nSPS) is 10.3. The molecule has 3 rings (SSSR count). The van der Waals surface area contributed by atoms with E-state index in [2.05, 4.69) is 23.2 Å². The minimum Gasteiger partial charge on any atom is -0.322 e. The van der Waals surface area contributed by atoms with Crippen molar-refractivity contribution in [2.24, 2.45) is 0 Å². The van der Waals surface area contributed by atoms with Gasteiger partial charge in [0, 0.05) is 24.6 Å². The molecule has 0 N–H and O–H groups in total. The van der Waals surface area contributed by atoms with Crippen molar-refractivity contribution >= 4 is 23.4 Å². The zero-order chi connectivity index (χ0) is 18.2. The number of amides is 1. The van der Waals surface area contributed by atoms with Crippen molar-refractivity contribution in [3.8, 4) is 6.07 Å². The van der Waals surface area contributed by atoms with Crippen molar-refractivity contribution in [1.29, 1.82) is 5.26 Å². The number of hydrogen-bond acceptors (Lipinski definition) is 4. The van der Waals surface area contributed by atoms with Crippen LogP contribution in [-0.2, 0) is 11.3 Å². The van der Waals surface area contributed by atoms with Gasteiger partial charge in [0.1, 0.15) is 6.54 Å². The lowest BCUT2D eigenvalue weighted by molar-refractivity contribution is -0.116. The van der Waals surface area contributed by atoms with E-state index in [0.717, 1.165) is 10.8 Å². The maximum absolute atomic E-state index is 12.6. The number of thioether (sulfide) groups is 1. The summed E-state index contributed by atoms with van der Waals surface area (Å²) in [5.41, 5.74) is 1.90. The van der Waals surface area contributed by atoms with E-state index in [9.17, 15) is 4.79 Å². The van der Waals surface area contributed by atoms with Gasteiger partial charge in [-0.25, -0.2) is 4.98 Å². The molecule has 130 valence electrons. The smallest absolute Gasteiger partial charge is 0.238 e. The van der Waals surface area contributed by atoms with Crippen LogP contribution in [0.3, 0.4) is 0 Å². The van der Waals surface area contributed by atoms with Gasteiger partial charge in [0.25, 0.3) is 0 Å². The van der Waals surface area contributed by atoms with Crippen molar-refractivity contribution in [2.75, 3.05) is 17.2 Å². The number of hydrogen-bond donors (Lipinski definition) is 0. The summed E-state index contributed by atoms with van der Waals surface area (Å²) < 4.78 is 2.02. The number of aromatic nitrogens is 2. The summed E-state index contributed by atoms with van der Waals surface area (Å²) in [7, 11) is 0. The molecule has 0 saturated heterocycles. The molecule has 2 aromatic carbocycles. The number of carbonyl (C=O) groups is 1. The standard InChI is InChI=1S/C20H18N4OS/c21-11-13-24(18-9-5-2-6-10-18)19(25)16-26-20-22-12-14-23(20)15-17-7-3-1-4-8-17/h1-10,12,14H,13,15-16H2. The first kappa shape index (κ1) is 17.8. The van der Waals surface area contributed by atoms with E-state index in [4.69, 9.17) is 5.26 Å². The summed E-state index contributed by atoms with van der Waals surface area (Å²) in [6.45, 7) is 0.736. The molecule has 0 radical (unpaired) electrons. The predicted octanol–water partition coefficient (Wildman–Crippen LogP) is 3.58. The number of anilines is 1. The Morgan fingerprint density at radius 3 is 2.50 bits per heavy atom. The molecule has 0 aliphatic rings. The molecular formula is C20H18N4OS. The predicted molar refractivity (Wildman–Crippen MR) is 103 cm³/mol. The summed E-state index contributed by atoms with van der Waals surface area (Å²) in [6, 6.07) is 21.4. The molecule has 0 unspecified atom stereocenters. The van der Waals surface area contributed by atoms with Crippen LogP contribution < -0.4 is 4.90 Å². The topological polar surface area (TPSA) is 61.9 Å². The lowest BCUT2D eigenvalue weighted by Crippen LogP contribution is -2.32.